The van der Waals surface area contributed by atoms with Crippen LogP contribution in [0, 0.1) is 0 Å². The predicted octanol–water partition coefficient (Wildman–Crippen LogP) is 6.31. The van der Waals surface area contributed by atoms with Crippen LogP contribution in [0.3, 0.4) is 0 Å². The van der Waals surface area contributed by atoms with Crippen LogP contribution in [0.4, 0.5) is 0 Å². The van der Waals surface area contributed by atoms with Crippen LogP contribution in [0.25, 0.3) is 0 Å². The average molecular weight is 320 g/mol. The third-order valence-corrected chi connectivity index (χ3v) is 5.90. The van der Waals surface area contributed by atoms with E-state index in [2.05, 4.69) is 33.8 Å². The Morgan fingerprint density at radius 2 is 1.13 bits per heavy atom. The van der Waals surface area contributed by atoms with Gasteiger partial charge in [0.1, 0.15) is 0 Å². The van der Waals surface area contributed by atoms with Crippen molar-refractivity contribution in [1.82, 2.24) is 0 Å². The third-order valence-electron chi connectivity index (χ3n) is 5.90. The highest BCUT2D eigenvalue weighted by Crippen LogP contribution is 2.38. The second-order valence-corrected chi connectivity index (χ2v) is 8.47. The van der Waals surface area contributed by atoms with E-state index in [1.54, 1.807) is 5.57 Å². The Morgan fingerprint density at radius 1 is 0.739 bits per heavy atom. The molecule has 1 aliphatic carbocycles. The van der Waals surface area contributed by atoms with E-state index in [1.165, 1.54) is 70.6 Å². The molecule has 1 saturated carbocycles. The number of allylic oxidation sites excluding steroid dienone is 2. The molecule has 0 aromatic heterocycles. The van der Waals surface area contributed by atoms with E-state index in [9.17, 15) is 0 Å². The summed E-state index contributed by atoms with van der Waals surface area (Å²) in [5.74, 6) is 0. The lowest BCUT2D eigenvalue weighted by Crippen LogP contribution is -2.41. The molecule has 1 aliphatic heterocycles. The van der Waals surface area contributed by atoms with Crippen LogP contribution in [0.2, 0.25) is 6.32 Å². The van der Waals surface area contributed by atoms with Gasteiger partial charge in [-0.1, -0.05) is 56.6 Å². The lowest BCUT2D eigenvalue weighted by molar-refractivity contribution is 0.00578. The van der Waals surface area contributed by atoms with Gasteiger partial charge in [0.05, 0.1) is 11.2 Å². The summed E-state index contributed by atoms with van der Waals surface area (Å²) in [5.41, 5.74) is 1.23. The molecule has 1 heterocycles. The predicted molar refractivity (Wildman–Crippen MR) is 99.8 cm³/mol. The second-order valence-electron chi connectivity index (χ2n) is 8.47. The molecule has 0 N–H and O–H groups in total. The summed E-state index contributed by atoms with van der Waals surface area (Å²) in [4.78, 5) is 0. The van der Waals surface area contributed by atoms with Crippen LogP contribution in [-0.2, 0) is 9.31 Å². The van der Waals surface area contributed by atoms with Gasteiger partial charge in [-0.25, -0.2) is 0 Å². The number of hydrogen-bond donors (Lipinski definition) is 0. The van der Waals surface area contributed by atoms with Crippen LogP contribution < -0.4 is 0 Å². The fraction of sp³-hybridized carbons (Fsp3) is 0.900. The maximum atomic E-state index is 6.13. The first-order valence-corrected chi connectivity index (χ1v) is 9.94. The van der Waals surface area contributed by atoms with Gasteiger partial charge in [0.25, 0.3) is 0 Å². The SMILES string of the molecule is CC1(C)OB(CC=C2CCCCCCCCCCC2)OC1(C)C. The van der Waals surface area contributed by atoms with Gasteiger partial charge in [-0.3, -0.25) is 0 Å². The molecule has 3 heteroatoms. The van der Waals surface area contributed by atoms with Crippen molar-refractivity contribution in [3.05, 3.63) is 11.6 Å². The molecular weight excluding hydrogens is 283 g/mol. The van der Waals surface area contributed by atoms with E-state index in [1.807, 2.05) is 0 Å². The van der Waals surface area contributed by atoms with Crippen molar-refractivity contribution in [1.29, 1.82) is 0 Å². The van der Waals surface area contributed by atoms with E-state index in [4.69, 9.17) is 9.31 Å². The lowest BCUT2D eigenvalue weighted by atomic mass is 9.83. The molecule has 0 amide bonds. The largest absolute Gasteiger partial charge is 0.461 e. The van der Waals surface area contributed by atoms with Gasteiger partial charge in [0.2, 0.25) is 0 Å². The number of rotatable bonds is 2. The first kappa shape index (κ1) is 19.1. The standard InChI is InChI=1S/C20H37BO2/c1-19(2)20(3,4)23-21(22-19)17-16-18-14-12-10-8-6-5-7-9-11-13-15-18/h16H,5-15,17H2,1-4H3. The van der Waals surface area contributed by atoms with Gasteiger partial charge in [0, 0.05) is 6.32 Å². The average Bonchev–Trinajstić information content (AvgIpc) is 2.66. The van der Waals surface area contributed by atoms with Gasteiger partial charge < -0.3 is 9.31 Å². The highest BCUT2D eigenvalue weighted by atomic mass is 16.7. The van der Waals surface area contributed by atoms with Gasteiger partial charge in [-0.15, -0.1) is 0 Å². The van der Waals surface area contributed by atoms with Gasteiger partial charge in [-0.05, 0) is 53.4 Å². The molecule has 0 atom stereocenters. The van der Waals surface area contributed by atoms with Gasteiger partial charge >= 0.3 is 7.12 Å². The Balaban J connectivity index is 1.85. The molecule has 1 saturated heterocycles. The fourth-order valence-corrected chi connectivity index (χ4v) is 3.59. The van der Waals surface area contributed by atoms with Crippen molar-refractivity contribution >= 4 is 7.12 Å². The van der Waals surface area contributed by atoms with Crippen molar-refractivity contribution in [2.24, 2.45) is 0 Å². The first-order chi connectivity index (χ1) is 10.9. The summed E-state index contributed by atoms with van der Waals surface area (Å²) in [7, 11) is -0.0751. The Labute approximate surface area is 144 Å². The van der Waals surface area contributed by atoms with E-state index < -0.39 is 0 Å². The van der Waals surface area contributed by atoms with Crippen LogP contribution in [0.5, 0.6) is 0 Å². The van der Waals surface area contributed by atoms with E-state index in [0.29, 0.717) is 0 Å². The molecule has 0 bridgehead atoms. The maximum absolute atomic E-state index is 6.13. The van der Waals surface area contributed by atoms with Crippen LogP contribution in [0.15, 0.2) is 11.6 Å². The summed E-state index contributed by atoms with van der Waals surface area (Å²) in [6.45, 7) is 8.54. The third kappa shape index (κ3) is 5.94. The topological polar surface area (TPSA) is 18.5 Å². The summed E-state index contributed by atoms with van der Waals surface area (Å²) in [5, 5.41) is 0. The summed E-state index contributed by atoms with van der Waals surface area (Å²) in [6.07, 6.45) is 18.6. The van der Waals surface area contributed by atoms with Crippen LogP contribution in [0.1, 0.15) is 98.3 Å². The minimum atomic E-state index is -0.206. The van der Waals surface area contributed by atoms with E-state index >= 15 is 0 Å². The molecule has 2 nitrogen and oxygen atoms in total. The molecule has 2 rings (SSSR count). The summed E-state index contributed by atoms with van der Waals surface area (Å²) < 4.78 is 12.3. The van der Waals surface area contributed by atoms with E-state index in [0.717, 1.165) is 6.32 Å². The molecular formula is C20H37BO2. The molecule has 2 aliphatic rings. The maximum Gasteiger partial charge on any atom is 0.461 e. The number of hydrogen-bond acceptors (Lipinski definition) is 2. The van der Waals surface area contributed by atoms with Crippen LogP contribution in [-0.4, -0.2) is 18.3 Å². The van der Waals surface area contributed by atoms with Gasteiger partial charge in [0.15, 0.2) is 0 Å². The Hall–Kier alpha value is -0.275. The fourth-order valence-electron chi connectivity index (χ4n) is 3.59. The van der Waals surface area contributed by atoms with Gasteiger partial charge in [-0.2, -0.15) is 0 Å². The molecule has 132 valence electrons. The zero-order valence-corrected chi connectivity index (χ0v) is 16.0. The first-order valence-electron chi connectivity index (χ1n) is 9.94. The minimum Gasteiger partial charge on any atom is -0.403 e. The highest BCUT2D eigenvalue weighted by molar-refractivity contribution is 6.46. The second kappa shape index (κ2) is 8.71. The molecule has 0 aromatic carbocycles. The molecule has 0 radical (unpaired) electrons. The smallest absolute Gasteiger partial charge is 0.403 e. The zero-order valence-electron chi connectivity index (χ0n) is 16.0. The normalized spacial score (nSPS) is 26.4. The minimum absolute atomic E-state index is 0.0751. The lowest BCUT2D eigenvalue weighted by Gasteiger charge is -2.32. The van der Waals surface area contributed by atoms with Crippen molar-refractivity contribution < 1.29 is 9.31 Å². The molecule has 2 fully saturated rings. The van der Waals surface area contributed by atoms with Crippen molar-refractivity contribution in [3.63, 3.8) is 0 Å². The summed E-state index contributed by atoms with van der Waals surface area (Å²) in [6, 6.07) is 0. The van der Waals surface area contributed by atoms with Crippen molar-refractivity contribution in [2.75, 3.05) is 0 Å². The highest BCUT2D eigenvalue weighted by Gasteiger charge is 2.50. The Kier molecular flexibility index (Phi) is 7.22. The summed E-state index contributed by atoms with van der Waals surface area (Å²) >= 11 is 0. The van der Waals surface area contributed by atoms with Crippen molar-refractivity contribution in [2.45, 2.75) is 116 Å². The molecule has 0 unspecified atom stereocenters. The zero-order chi connectivity index (χ0) is 16.8. The quantitative estimate of drug-likeness (QED) is 0.438. The molecule has 23 heavy (non-hydrogen) atoms. The van der Waals surface area contributed by atoms with Crippen molar-refractivity contribution in [3.8, 4) is 0 Å². The van der Waals surface area contributed by atoms with Crippen LogP contribution >= 0.6 is 0 Å². The van der Waals surface area contributed by atoms with E-state index in [-0.39, 0.29) is 18.3 Å². The molecule has 0 aromatic rings. The molecule has 0 spiro atoms. The monoisotopic (exact) mass is 320 g/mol. The Bertz CT molecular complexity index is 357. The Morgan fingerprint density at radius 3 is 1.57 bits per heavy atom.